The van der Waals surface area contributed by atoms with Crippen LogP contribution in [0.3, 0.4) is 0 Å². The Hall–Kier alpha value is -3.29. The summed E-state index contributed by atoms with van der Waals surface area (Å²) in [7, 11) is 0. The summed E-state index contributed by atoms with van der Waals surface area (Å²) in [6, 6.07) is 9.06. The number of carbonyl (C=O) groups is 2. The number of hydrogen-bond acceptors (Lipinski definition) is 6. The van der Waals surface area contributed by atoms with E-state index in [1.54, 1.807) is 42.2 Å². The van der Waals surface area contributed by atoms with Crippen molar-refractivity contribution in [2.24, 2.45) is 5.92 Å². The first-order chi connectivity index (χ1) is 15.1. The molecule has 1 fully saturated rings. The molecular weight excluding hydrogens is 405 g/mol. The molecule has 2 aromatic rings. The van der Waals surface area contributed by atoms with Crippen LogP contribution in [0.15, 0.2) is 36.4 Å². The molecule has 3 aliphatic heterocycles. The first-order valence-corrected chi connectivity index (χ1v) is 10.4. The summed E-state index contributed by atoms with van der Waals surface area (Å²) >= 11 is 0. The third-order valence-electron chi connectivity index (χ3n) is 5.85. The fourth-order valence-electron chi connectivity index (χ4n) is 4.47. The van der Waals surface area contributed by atoms with E-state index in [4.69, 9.17) is 18.9 Å². The lowest BCUT2D eigenvalue weighted by Gasteiger charge is -2.23. The monoisotopic (exact) mass is 427 g/mol. The van der Waals surface area contributed by atoms with Gasteiger partial charge in [0.1, 0.15) is 12.0 Å². The molecule has 1 amide bonds. The van der Waals surface area contributed by atoms with Gasteiger partial charge in [-0.15, -0.1) is 0 Å². The molecule has 0 aliphatic carbocycles. The number of nitrogens with zero attached hydrogens (tertiary/aromatic N) is 1. The topological polar surface area (TPSA) is 74.3 Å². The van der Waals surface area contributed by atoms with E-state index in [1.807, 2.05) is 0 Å². The van der Waals surface area contributed by atoms with Gasteiger partial charge in [0.2, 0.25) is 0 Å². The minimum absolute atomic E-state index is 0.0861. The molecule has 0 aromatic heterocycles. The molecule has 3 aliphatic rings. The molecule has 0 saturated carbocycles. The van der Waals surface area contributed by atoms with E-state index in [2.05, 4.69) is 0 Å². The zero-order valence-electron chi connectivity index (χ0n) is 17.0. The molecule has 7 nitrogen and oxygen atoms in total. The fraction of sp³-hybridized carbons (Fsp3) is 0.391. The highest BCUT2D eigenvalue weighted by atomic mass is 19.1. The van der Waals surface area contributed by atoms with Crippen molar-refractivity contribution in [2.45, 2.75) is 25.5 Å². The van der Waals surface area contributed by atoms with Crippen molar-refractivity contribution in [1.29, 1.82) is 0 Å². The maximum Gasteiger partial charge on any atom is 0.314 e. The summed E-state index contributed by atoms with van der Waals surface area (Å²) in [5.41, 5.74) is 0.955. The third-order valence-corrected chi connectivity index (χ3v) is 5.85. The number of amides is 1. The van der Waals surface area contributed by atoms with E-state index >= 15 is 0 Å². The van der Waals surface area contributed by atoms with Gasteiger partial charge in [0, 0.05) is 24.1 Å². The lowest BCUT2D eigenvalue weighted by atomic mass is 9.98. The Morgan fingerprint density at radius 1 is 1.16 bits per heavy atom. The van der Waals surface area contributed by atoms with E-state index in [0.29, 0.717) is 35.8 Å². The number of rotatable bonds is 3. The van der Waals surface area contributed by atoms with E-state index < -0.39 is 29.9 Å². The first-order valence-electron chi connectivity index (χ1n) is 10.4. The smallest absolute Gasteiger partial charge is 0.314 e. The Morgan fingerprint density at radius 2 is 1.97 bits per heavy atom. The number of para-hydroxylation sites is 1. The van der Waals surface area contributed by atoms with Crippen LogP contribution in [-0.2, 0) is 9.53 Å². The van der Waals surface area contributed by atoms with Crippen molar-refractivity contribution in [3.05, 3.63) is 53.3 Å². The van der Waals surface area contributed by atoms with Crippen LogP contribution in [-0.4, -0.2) is 49.2 Å². The molecule has 31 heavy (non-hydrogen) atoms. The summed E-state index contributed by atoms with van der Waals surface area (Å²) in [6.45, 7) is 3.11. The summed E-state index contributed by atoms with van der Waals surface area (Å²) in [5, 5.41) is 0. The SMILES string of the molecule is CCOC(=O)[C@@H]1CN(C(=O)c2ccc3c(c2)OCCCO3)[C@H]2c3cccc(F)c3O[C@@H]12. The highest BCUT2D eigenvalue weighted by molar-refractivity contribution is 5.96. The van der Waals surface area contributed by atoms with E-state index in [9.17, 15) is 14.0 Å². The van der Waals surface area contributed by atoms with Crippen LogP contribution in [0.4, 0.5) is 4.39 Å². The van der Waals surface area contributed by atoms with Gasteiger partial charge in [0.15, 0.2) is 23.1 Å². The Morgan fingerprint density at radius 3 is 2.77 bits per heavy atom. The molecule has 3 heterocycles. The molecule has 5 rings (SSSR count). The Bertz CT molecular complexity index is 1040. The molecule has 1 saturated heterocycles. The lowest BCUT2D eigenvalue weighted by molar-refractivity contribution is -0.149. The zero-order valence-corrected chi connectivity index (χ0v) is 17.0. The Labute approximate surface area is 178 Å². The molecule has 0 bridgehead atoms. The number of esters is 1. The van der Waals surface area contributed by atoms with Crippen LogP contribution in [0, 0.1) is 11.7 Å². The number of likely N-dealkylation sites (tertiary alicyclic amines) is 1. The predicted molar refractivity (Wildman–Crippen MR) is 107 cm³/mol. The summed E-state index contributed by atoms with van der Waals surface area (Å²) in [5.74, 6) is -0.788. The van der Waals surface area contributed by atoms with Gasteiger partial charge < -0.3 is 23.8 Å². The van der Waals surface area contributed by atoms with Gasteiger partial charge in [-0.1, -0.05) is 12.1 Å². The third kappa shape index (κ3) is 3.26. The van der Waals surface area contributed by atoms with Gasteiger partial charge in [0.05, 0.1) is 25.9 Å². The molecule has 8 heteroatoms. The highest BCUT2D eigenvalue weighted by Crippen LogP contribution is 2.49. The molecule has 0 N–H and O–H groups in total. The number of halogens is 1. The van der Waals surface area contributed by atoms with Crippen molar-refractivity contribution >= 4 is 11.9 Å². The molecular formula is C23H22FNO6. The maximum absolute atomic E-state index is 14.4. The lowest BCUT2D eigenvalue weighted by Crippen LogP contribution is -2.32. The maximum atomic E-state index is 14.4. The molecule has 3 atom stereocenters. The zero-order chi connectivity index (χ0) is 21.5. The Balaban J connectivity index is 1.51. The summed E-state index contributed by atoms with van der Waals surface area (Å²) in [6.07, 6.45) is 0.0599. The predicted octanol–water partition coefficient (Wildman–Crippen LogP) is 3.12. The quantitative estimate of drug-likeness (QED) is 0.701. The number of ether oxygens (including phenoxy) is 4. The highest BCUT2D eigenvalue weighted by Gasteiger charge is 2.55. The van der Waals surface area contributed by atoms with Gasteiger partial charge in [0.25, 0.3) is 5.91 Å². The van der Waals surface area contributed by atoms with Crippen LogP contribution < -0.4 is 14.2 Å². The second-order valence-corrected chi connectivity index (χ2v) is 7.71. The minimum atomic E-state index is -0.707. The van der Waals surface area contributed by atoms with Crippen LogP contribution in [0.25, 0.3) is 0 Å². The van der Waals surface area contributed by atoms with Gasteiger partial charge in [-0.2, -0.15) is 0 Å². The van der Waals surface area contributed by atoms with Gasteiger partial charge >= 0.3 is 5.97 Å². The normalized spacial score (nSPS) is 23.4. The molecule has 162 valence electrons. The Kier molecular flexibility index (Phi) is 4.92. The van der Waals surface area contributed by atoms with Gasteiger partial charge in [-0.25, -0.2) is 4.39 Å². The van der Waals surface area contributed by atoms with Crippen molar-refractivity contribution in [3.63, 3.8) is 0 Å². The van der Waals surface area contributed by atoms with E-state index in [0.717, 1.165) is 6.42 Å². The number of benzene rings is 2. The molecule has 0 radical (unpaired) electrons. The average molecular weight is 427 g/mol. The first kappa shape index (κ1) is 19.7. The van der Waals surface area contributed by atoms with Crippen LogP contribution in [0.2, 0.25) is 0 Å². The summed E-state index contributed by atoms with van der Waals surface area (Å²) in [4.78, 5) is 27.7. The minimum Gasteiger partial charge on any atom is -0.490 e. The number of fused-ring (bicyclic) bond motifs is 4. The van der Waals surface area contributed by atoms with Crippen LogP contribution in [0.1, 0.15) is 35.3 Å². The molecule has 2 aromatic carbocycles. The van der Waals surface area contributed by atoms with Gasteiger partial charge in [-0.05, 0) is 31.2 Å². The van der Waals surface area contributed by atoms with E-state index in [-0.39, 0.29) is 24.8 Å². The molecule has 0 spiro atoms. The van der Waals surface area contributed by atoms with Crippen molar-refractivity contribution < 1.29 is 32.9 Å². The van der Waals surface area contributed by atoms with Gasteiger partial charge in [-0.3, -0.25) is 9.59 Å². The second kappa shape index (κ2) is 7.76. The second-order valence-electron chi connectivity index (χ2n) is 7.71. The average Bonchev–Trinajstić information content (AvgIpc) is 3.23. The van der Waals surface area contributed by atoms with Crippen molar-refractivity contribution in [3.8, 4) is 17.2 Å². The summed E-state index contributed by atoms with van der Waals surface area (Å²) < 4.78 is 36.8. The largest absolute Gasteiger partial charge is 0.490 e. The van der Waals surface area contributed by atoms with Crippen LogP contribution >= 0.6 is 0 Å². The van der Waals surface area contributed by atoms with Crippen molar-refractivity contribution in [1.82, 2.24) is 4.90 Å². The van der Waals surface area contributed by atoms with Crippen molar-refractivity contribution in [2.75, 3.05) is 26.4 Å². The standard InChI is InChI=1S/C23H22FNO6/c1-2-28-23(27)15-12-25(19-14-5-3-6-16(24)20(14)31-21(15)19)22(26)13-7-8-17-18(11-13)30-10-4-9-29-17/h3,5-8,11,15,19,21H,2,4,9-10,12H2,1H3/t15-,19+,21+/m1/s1. The van der Waals surface area contributed by atoms with E-state index in [1.165, 1.54) is 6.07 Å². The number of hydrogen-bond donors (Lipinski definition) is 0. The van der Waals surface area contributed by atoms with Crippen LogP contribution in [0.5, 0.6) is 17.2 Å². The number of carbonyl (C=O) groups excluding carboxylic acids is 2. The molecule has 0 unspecified atom stereocenters. The fourth-order valence-corrected chi connectivity index (χ4v) is 4.47.